The van der Waals surface area contributed by atoms with E-state index in [-0.39, 0.29) is 30.1 Å². The fraction of sp³-hybridized carbons (Fsp3) is 0.588. The zero-order valence-electron chi connectivity index (χ0n) is 14.5. The van der Waals surface area contributed by atoms with E-state index in [1.54, 1.807) is 18.8 Å². The van der Waals surface area contributed by atoms with Crippen LogP contribution in [0.4, 0.5) is 0 Å². The number of nitrogens with one attached hydrogen (secondary N) is 2. The van der Waals surface area contributed by atoms with E-state index in [2.05, 4.69) is 15.6 Å². The molecule has 0 aromatic heterocycles. The summed E-state index contributed by atoms with van der Waals surface area (Å²) in [5.74, 6) is 1.75. The molecule has 142 valence electrons. The van der Waals surface area contributed by atoms with Gasteiger partial charge in [-0.2, -0.15) is 0 Å². The van der Waals surface area contributed by atoms with Crippen molar-refractivity contribution in [3.05, 3.63) is 29.3 Å². The maximum Gasteiger partial charge on any atom is 0.191 e. The van der Waals surface area contributed by atoms with E-state index in [0.717, 1.165) is 49.3 Å². The Balaban J connectivity index is 0.00000312. The fourth-order valence-corrected chi connectivity index (χ4v) is 3.22. The van der Waals surface area contributed by atoms with Crippen LogP contribution in [-0.2, 0) is 9.47 Å². The van der Waals surface area contributed by atoms with Crippen molar-refractivity contribution < 1.29 is 9.47 Å². The minimum Gasteiger partial charge on any atom is -0.377 e. The number of ether oxygens (including phenoxy) is 2. The van der Waals surface area contributed by atoms with Crippen molar-refractivity contribution in [2.75, 3.05) is 45.7 Å². The number of thioether (sulfide) groups is 1. The third-order valence-corrected chi connectivity index (χ3v) is 4.83. The highest BCUT2D eigenvalue weighted by Gasteiger charge is 2.14. The molecule has 0 radical (unpaired) electrons. The van der Waals surface area contributed by atoms with Gasteiger partial charge in [-0.15, -0.1) is 35.7 Å². The summed E-state index contributed by atoms with van der Waals surface area (Å²) in [6.07, 6.45) is 2.55. The molecule has 1 fully saturated rings. The lowest BCUT2D eigenvalue weighted by Gasteiger charge is -2.13. The lowest BCUT2D eigenvalue weighted by Crippen LogP contribution is -2.40. The van der Waals surface area contributed by atoms with Gasteiger partial charge >= 0.3 is 0 Å². The van der Waals surface area contributed by atoms with Crippen molar-refractivity contribution >= 4 is 53.3 Å². The van der Waals surface area contributed by atoms with Gasteiger partial charge in [0, 0.05) is 42.4 Å². The second-order valence-electron chi connectivity index (χ2n) is 5.44. The van der Waals surface area contributed by atoms with Crippen LogP contribution in [0.2, 0.25) is 5.02 Å². The molecule has 5 nitrogen and oxygen atoms in total. The summed E-state index contributed by atoms with van der Waals surface area (Å²) in [5, 5.41) is 7.31. The summed E-state index contributed by atoms with van der Waals surface area (Å²) < 4.78 is 11.1. The third kappa shape index (κ3) is 9.89. The first-order valence-corrected chi connectivity index (χ1v) is 9.66. The number of benzene rings is 1. The van der Waals surface area contributed by atoms with Crippen molar-refractivity contribution in [1.82, 2.24) is 10.6 Å². The molecule has 0 spiro atoms. The van der Waals surface area contributed by atoms with Gasteiger partial charge in [-0.05, 0) is 37.1 Å². The molecule has 0 amide bonds. The van der Waals surface area contributed by atoms with Crippen molar-refractivity contribution in [3.63, 3.8) is 0 Å². The number of hydrogen-bond donors (Lipinski definition) is 2. The topological polar surface area (TPSA) is 54.9 Å². The molecule has 1 aromatic carbocycles. The van der Waals surface area contributed by atoms with Crippen LogP contribution in [-0.4, -0.2) is 57.8 Å². The number of halogens is 2. The first kappa shape index (κ1) is 22.8. The van der Waals surface area contributed by atoms with Crippen LogP contribution in [0.5, 0.6) is 0 Å². The number of guanidine groups is 1. The Kier molecular flexibility index (Phi) is 12.7. The van der Waals surface area contributed by atoms with Gasteiger partial charge in [0.2, 0.25) is 0 Å². The molecule has 0 aliphatic carbocycles. The zero-order chi connectivity index (χ0) is 17.0. The summed E-state index contributed by atoms with van der Waals surface area (Å²) in [4.78, 5) is 5.42. The van der Waals surface area contributed by atoms with Crippen molar-refractivity contribution in [3.8, 4) is 0 Å². The van der Waals surface area contributed by atoms with Crippen LogP contribution in [0.3, 0.4) is 0 Å². The van der Waals surface area contributed by atoms with E-state index in [4.69, 9.17) is 21.1 Å². The van der Waals surface area contributed by atoms with E-state index in [9.17, 15) is 0 Å². The van der Waals surface area contributed by atoms with Crippen molar-refractivity contribution in [2.24, 2.45) is 4.99 Å². The molecule has 1 aromatic rings. The number of rotatable bonds is 9. The zero-order valence-corrected chi connectivity index (χ0v) is 18.4. The largest absolute Gasteiger partial charge is 0.377 e. The van der Waals surface area contributed by atoms with Gasteiger partial charge in [0.15, 0.2) is 5.96 Å². The molecule has 0 bridgehead atoms. The molecule has 8 heteroatoms. The third-order valence-electron chi connectivity index (χ3n) is 3.57. The highest BCUT2D eigenvalue weighted by Crippen LogP contribution is 2.19. The molecule has 25 heavy (non-hydrogen) atoms. The monoisotopic (exact) mass is 499 g/mol. The van der Waals surface area contributed by atoms with Crippen LogP contribution in [0.1, 0.15) is 12.8 Å². The lowest BCUT2D eigenvalue weighted by atomic mass is 10.2. The van der Waals surface area contributed by atoms with Gasteiger partial charge in [-0.3, -0.25) is 4.99 Å². The van der Waals surface area contributed by atoms with Gasteiger partial charge in [-0.25, -0.2) is 0 Å². The van der Waals surface area contributed by atoms with Gasteiger partial charge in [0.1, 0.15) is 0 Å². The number of nitrogens with zero attached hydrogens (tertiary/aromatic N) is 1. The Labute approximate surface area is 176 Å². The SMILES string of the molecule is CN=C(NCCOCC1CCCO1)NCCSc1ccc(Cl)cc1.I. The van der Waals surface area contributed by atoms with Crippen molar-refractivity contribution in [1.29, 1.82) is 0 Å². The molecule has 1 unspecified atom stereocenters. The minimum atomic E-state index is 0. The Morgan fingerprint density at radius 1 is 1.32 bits per heavy atom. The van der Waals surface area contributed by atoms with E-state index in [0.29, 0.717) is 13.2 Å². The van der Waals surface area contributed by atoms with Crippen LogP contribution in [0.15, 0.2) is 34.2 Å². The van der Waals surface area contributed by atoms with E-state index < -0.39 is 0 Å². The fourth-order valence-electron chi connectivity index (χ4n) is 2.32. The Morgan fingerprint density at radius 3 is 2.76 bits per heavy atom. The van der Waals surface area contributed by atoms with Crippen LogP contribution in [0, 0.1) is 0 Å². The predicted octanol–water partition coefficient (Wildman–Crippen LogP) is 3.41. The molecule has 1 heterocycles. The van der Waals surface area contributed by atoms with Gasteiger partial charge in [0.05, 0.1) is 19.3 Å². The Bertz CT molecular complexity index is 499. The first-order chi connectivity index (χ1) is 11.8. The Hall–Kier alpha value is -0.220. The van der Waals surface area contributed by atoms with Gasteiger partial charge < -0.3 is 20.1 Å². The minimum absolute atomic E-state index is 0. The predicted molar refractivity (Wildman–Crippen MR) is 117 cm³/mol. The molecule has 1 aliphatic rings. The summed E-state index contributed by atoms with van der Waals surface area (Å²) >= 11 is 7.66. The quantitative estimate of drug-likeness (QED) is 0.179. The average molecular weight is 500 g/mol. The molecule has 2 rings (SSSR count). The summed E-state index contributed by atoms with van der Waals surface area (Å²) in [6, 6.07) is 7.89. The molecular formula is C17H27ClIN3O2S. The molecular weight excluding hydrogens is 473 g/mol. The maximum absolute atomic E-state index is 5.88. The molecule has 1 aliphatic heterocycles. The van der Waals surface area contributed by atoms with Gasteiger partial charge in [0.25, 0.3) is 0 Å². The summed E-state index contributed by atoms with van der Waals surface area (Å²) in [7, 11) is 1.77. The van der Waals surface area contributed by atoms with E-state index >= 15 is 0 Å². The summed E-state index contributed by atoms with van der Waals surface area (Å²) in [6.45, 7) is 3.78. The highest BCUT2D eigenvalue weighted by molar-refractivity contribution is 14.0. The van der Waals surface area contributed by atoms with Crippen LogP contribution in [0.25, 0.3) is 0 Å². The first-order valence-electron chi connectivity index (χ1n) is 8.30. The molecule has 1 atom stereocenters. The molecule has 1 saturated heterocycles. The van der Waals surface area contributed by atoms with Gasteiger partial charge in [-0.1, -0.05) is 11.6 Å². The standard InChI is InChI=1S/C17H26ClN3O2S.HI/c1-19-17(20-8-11-22-13-15-3-2-10-23-15)21-9-12-24-16-6-4-14(18)5-7-16;/h4-7,15H,2-3,8-13H2,1H3,(H2,19,20,21);1H. The molecule has 0 saturated carbocycles. The maximum atomic E-state index is 5.88. The second-order valence-corrected chi connectivity index (χ2v) is 7.04. The number of aliphatic imine (C=N–C) groups is 1. The molecule has 2 N–H and O–H groups in total. The Morgan fingerprint density at radius 2 is 2.08 bits per heavy atom. The van der Waals surface area contributed by atoms with E-state index in [1.807, 2.05) is 24.3 Å². The smallest absolute Gasteiger partial charge is 0.191 e. The summed E-state index contributed by atoms with van der Waals surface area (Å²) in [5.41, 5.74) is 0. The lowest BCUT2D eigenvalue weighted by molar-refractivity contribution is 0.0191. The van der Waals surface area contributed by atoms with Crippen LogP contribution >= 0.6 is 47.3 Å². The van der Waals surface area contributed by atoms with E-state index in [1.165, 1.54) is 4.90 Å². The number of hydrogen-bond acceptors (Lipinski definition) is 4. The van der Waals surface area contributed by atoms with Crippen LogP contribution < -0.4 is 10.6 Å². The van der Waals surface area contributed by atoms with Crippen molar-refractivity contribution in [2.45, 2.75) is 23.8 Å². The second kappa shape index (κ2) is 13.9. The average Bonchev–Trinajstić information content (AvgIpc) is 3.11. The normalized spacial score (nSPS) is 17.2. The highest BCUT2D eigenvalue weighted by atomic mass is 127.